The monoisotopic (exact) mass is 315 g/mol. The SMILES string of the molecule is Cn1ccc2[nH]c(C(=O)N3CCCC(c4n[nH]c(=O)o4)C3)cc21. The highest BCUT2D eigenvalue weighted by Crippen LogP contribution is 2.26. The number of likely N-dealkylation sites (tertiary alicyclic amines) is 1. The van der Waals surface area contributed by atoms with Crippen LogP contribution in [0.1, 0.15) is 35.1 Å². The van der Waals surface area contributed by atoms with E-state index in [2.05, 4.69) is 15.2 Å². The lowest BCUT2D eigenvalue weighted by atomic mass is 9.98. The highest BCUT2D eigenvalue weighted by atomic mass is 16.4. The van der Waals surface area contributed by atoms with Gasteiger partial charge >= 0.3 is 5.76 Å². The fourth-order valence-electron chi connectivity index (χ4n) is 3.21. The van der Waals surface area contributed by atoms with Crippen molar-refractivity contribution in [3.8, 4) is 0 Å². The van der Waals surface area contributed by atoms with Gasteiger partial charge in [-0.1, -0.05) is 0 Å². The Labute approximate surface area is 131 Å². The molecule has 3 aromatic rings. The van der Waals surface area contributed by atoms with Crippen LogP contribution in [0.4, 0.5) is 0 Å². The first-order chi connectivity index (χ1) is 11.1. The minimum absolute atomic E-state index is 0.0382. The smallest absolute Gasteiger partial charge is 0.392 e. The van der Waals surface area contributed by atoms with Crippen LogP contribution in [0.5, 0.6) is 0 Å². The summed E-state index contributed by atoms with van der Waals surface area (Å²) in [6, 6.07) is 3.82. The Kier molecular flexibility index (Phi) is 3.10. The number of carbonyl (C=O) groups is 1. The molecule has 0 spiro atoms. The number of rotatable bonds is 2. The molecule has 1 aliphatic heterocycles. The number of nitrogens with one attached hydrogen (secondary N) is 2. The Morgan fingerprint density at radius 1 is 1.48 bits per heavy atom. The fourth-order valence-corrected chi connectivity index (χ4v) is 3.21. The van der Waals surface area contributed by atoms with Crippen LogP contribution in [0.2, 0.25) is 0 Å². The van der Waals surface area contributed by atoms with Crippen molar-refractivity contribution in [3.05, 3.63) is 40.5 Å². The van der Waals surface area contributed by atoms with E-state index in [0.29, 0.717) is 24.7 Å². The summed E-state index contributed by atoms with van der Waals surface area (Å²) < 4.78 is 7.01. The molecular formula is C15H17N5O3. The fraction of sp³-hybridized carbons (Fsp3) is 0.400. The largest absolute Gasteiger partial charge is 0.434 e. The second-order valence-corrected chi connectivity index (χ2v) is 5.95. The third kappa shape index (κ3) is 2.36. The van der Waals surface area contributed by atoms with E-state index < -0.39 is 5.76 Å². The molecule has 3 aromatic heterocycles. The molecule has 23 heavy (non-hydrogen) atoms. The Balaban J connectivity index is 1.56. The number of hydrogen-bond acceptors (Lipinski definition) is 4. The minimum Gasteiger partial charge on any atom is -0.392 e. The van der Waals surface area contributed by atoms with Crippen molar-refractivity contribution in [1.82, 2.24) is 24.6 Å². The average Bonchev–Trinajstić information content (AvgIpc) is 3.25. The molecule has 4 heterocycles. The first-order valence-corrected chi connectivity index (χ1v) is 7.60. The van der Waals surface area contributed by atoms with Crippen LogP contribution in [-0.2, 0) is 7.05 Å². The van der Waals surface area contributed by atoms with Gasteiger partial charge in [-0.3, -0.25) is 4.79 Å². The molecule has 2 N–H and O–H groups in total. The third-order valence-corrected chi connectivity index (χ3v) is 4.41. The van der Waals surface area contributed by atoms with E-state index in [9.17, 15) is 9.59 Å². The molecule has 1 fully saturated rings. The highest BCUT2D eigenvalue weighted by Gasteiger charge is 2.29. The molecule has 0 saturated carbocycles. The summed E-state index contributed by atoms with van der Waals surface area (Å²) in [5.41, 5.74) is 2.53. The van der Waals surface area contributed by atoms with Crippen molar-refractivity contribution >= 4 is 16.9 Å². The summed E-state index contributed by atoms with van der Waals surface area (Å²) in [6.45, 7) is 1.20. The number of hydrogen-bond donors (Lipinski definition) is 2. The topological polar surface area (TPSA) is 99.9 Å². The molecular weight excluding hydrogens is 298 g/mol. The van der Waals surface area contributed by atoms with Gasteiger partial charge < -0.3 is 18.9 Å². The number of aryl methyl sites for hydroxylation is 1. The van der Waals surface area contributed by atoms with Gasteiger partial charge in [0.05, 0.1) is 17.0 Å². The van der Waals surface area contributed by atoms with E-state index in [1.165, 1.54) is 0 Å². The Morgan fingerprint density at radius 3 is 3.09 bits per heavy atom. The Hall–Kier alpha value is -2.77. The van der Waals surface area contributed by atoms with Crippen molar-refractivity contribution < 1.29 is 9.21 Å². The predicted octanol–water partition coefficient (Wildman–Crippen LogP) is 1.20. The molecule has 0 aliphatic carbocycles. The average molecular weight is 315 g/mol. The van der Waals surface area contributed by atoms with Gasteiger partial charge in [0.25, 0.3) is 5.91 Å². The van der Waals surface area contributed by atoms with Gasteiger partial charge in [0.15, 0.2) is 0 Å². The third-order valence-electron chi connectivity index (χ3n) is 4.41. The molecule has 1 unspecified atom stereocenters. The van der Waals surface area contributed by atoms with Crippen LogP contribution in [0.15, 0.2) is 27.5 Å². The van der Waals surface area contributed by atoms with Gasteiger partial charge in [-0.15, -0.1) is 5.10 Å². The summed E-state index contributed by atoms with van der Waals surface area (Å²) in [6.07, 6.45) is 3.66. The Morgan fingerprint density at radius 2 is 2.35 bits per heavy atom. The molecule has 0 aromatic carbocycles. The number of aromatic amines is 2. The lowest BCUT2D eigenvalue weighted by Gasteiger charge is -2.30. The molecule has 1 atom stereocenters. The van der Waals surface area contributed by atoms with Crippen LogP contribution >= 0.6 is 0 Å². The quantitative estimate of drug-likeness (QED) is 0.742. The summed E-state index contributed by atoms with van der Waals surface area (Å²) in [5.74, 6) is -0.261. The zero-order valence-corrected chi connectivity index (χ0v) is 12.7. The van der Waals surface area contributed by atoms with E-state index in [4.69, 9.17) is 4.42 Å². The van der Waals surface area contributed by atoms with Crippen LogP contribution in [0, 0.1) is 0 Å². The molecule has 0 radical (unpaired) electrons. The van der Waals surface area contributed by atoms with E-state index in [-0.39, 0.29) is 11.8 Å². The number of H-pyrrole nitrogens is 2. The minimum atomic E-state index is -0.556. The van der Waals surface area contributed by atoms with Crippen molar-refractivity contribution in [2.24, 2.45) is 7.05 Å². The van der Waals surface area contributed by atoms with Gasteiger partial charge in [-0.05, 0) is 25.0 Å². The summed E-state index contributed by atoms with van der Waals surface area (Å²) >= 11 is 0. The molecule has 120 valence electrons. The van der Waals surface area contributed by atoms with Crippen LogP contribution in [0.25, 0.3) is 11.0 Å². The van der Waals surface area contributed by atoms with Gasteiger partial charge in [0.2, 0.25) is 5.89 Å². The van der Waals surface area contributed by atoms with Crippen LogP contribution < -0.4 is 5.76 Å². The van der Waals surface area contributed by atoms with Gasteiger partial charge in [0, 0.05) is 26.3 Å². The zero-order chi connectivity index (χ0) is 16.0. The number of nitrogens with zero attached hydrogens (tertiary/aromatic N) is 3. The second-order valence-electron chi connectivity index (χ2n) is 5.95. The Bertz CT molecular complexity index is 915. The highest BCUT2D eigenvalue weighted by molar-refractivity contribution is 5.97. The first kappa shape index (κ1) is 13.9. The van der Waals surface area contributed by atoms with Gasteiger partial charge in [-0.25, -0.2) is 9.89 Å². The first-order valence-electron chi connectivity index (χ1n) is 7.60. The van der Waals surface area contributed by atoms with E-state index >= 15 is 0 Å². The maximum atomic E-state index is 12.7. The number of amides is 1. The van der Waals surface area contributed by atoms with Gasteiger partial charge in [-0.2, -0.15) is 0 Å². The van der Waals surface area contributed by atoms with Crippen molar-refractivity contribution in [1.29, 1.82) is 0 Å². The van der Waals surface area contributed by atoms with Crippen LogP contribution in [0.3, 0.4) is 0 Å². The number of carbonyl (C=O) groups excluding carboxylic acids is 1. The summed E-state index contributed by atoms with van der Waals surface area (Å²) in [7, 11) is 1.95. The molecule has 1 amide bonds. The van der Waals surface area contributed by atoms with Crippen molar-refractivity contribution in [2.75, 3.05) is 13.1 Å². The lowest BCUT2D eigenvalue weighted by molar-refractivity contribution is 0.0693. The maximum absolute atomic E-state index is 12.7. The zero-order valence-electron chi connectivity index (χ0n) is 12.7. The molecule has 0 bridgehead atoms. The second kappa shape index (κ2) is 5.15. The predicted molar refractivity (Wildman–Crippen MR) is 82.3 cm³/mol. The molecule has 8 heteroatoms. The maximum Gasteiger partial charge on any atom is 0.434 e. The molecule has 1 saturated heterocycles. The summed E-state index contributed by atoms with van der Waals surface area (Å²) in [5, 5.41) is 6.17. The standard InChI is InChI=1S/C15H17N5O3/c1-19-6-4-10-12(19)7-11(16-10)14(21)20-5-2-3-9(8-20)13-17-18-15(22)23-13/h4,6-7,9,16H,2-3,5,8H2,1H3,(H,18,22). The van der Waals surface area contributed by atoms with E-state index in [1.807, 2.05) is 29.9 Å². The van der Waals surface area contributed by atoms with Gasteiger partial charge in [0.1, 0.15) is 5.69 Å². The van der Waals surface area contributed by atoms with Crippen LogP contribution in [-0.4, -0.2) is 43.6 Å². The summed E-state index contributed by atoms with van der Waals surface area (Å²) in [4.78, 5) is 28.8. The van der Waals surface area contributed by atoms with Crippen molar-refractivity contribution in [3.63, 3.8) is 0 Å². The number of aromatic nitrogens is 4. The lowest BCUT2D eigenvalue weighted by Crippen LogP contribution is -2.39. The number of piperidine rings is 1. The van der Waals surface area contributed by atoms with E-state index in [0.717, 1.165) is 23.9 Å². The molecule has 4 rings (SSSR count). The van der Waals surface area contributed by atoms with E-state index in [1.54, 1.807) is 4.90 Å². The molecule has 1 aliphatic rings. The number of fused-ring (bicyclic) bond motifs is 1. The molecule has 8 nitrogen and oxygen atoms in total. The normalized spacial score (nSPS) is 18.7. The van der Waals surface area contributed by atoms with Crippen molar-refractivity contribution in [2.45, 2.75) is 18.8 Å².